The van der Waals surface area contributed by atoms with Gasteiger partial charge >= 0.3 is 0 Å². The second kappa shape index (κ2) is 5.94. The van der Waals surface area contributed by atoms with Crippen molar-refractivity contribution in [3.05, 3.63) is 35.4 Å². The summed E-state index contributed by atoms with van der Waals surface area (Å²) in [6.45, 7) is 0.537. The maximum Gasteiger partial charge on any atom is 0.226 e. The molecule has 0 aromatic heterocycles. The van der Waals surface area contributed by atoms with Crippen LogP contribution in [-0.4, -0.2) is 29.7 Å². The number of halogens is 3. The van der Waals surface area contributed by atoms with E-state index in [4.69, 9.17) is 0 Å². The number of likely N-dealkylation sites (N-methyl/N-ethyl adjacent to an activating group) is 1. The van der Waals surface area contributed by atoms with Crippen LogP contribution in [0.1, 0.15) is 5.56 Å². The number of alkyl halides is 1. The molecule has 0 heterocycles. The first-order chi connectivity index (χ1) is 7.56. The molecule has 0 unspecified atom stereocenters. The molecule has 88 valence electrons. The van der Waals surface area contributed by atoms with E-state index in [1.54, 1.807) is 7.05 Å². The molecule has 0 atom stereocenters. The van der Waals surface area contributed by atoms with Crippen LogP contribution < -0.4 is 0 Å². The third kappa shape index (κ3) is 3.27. The third-order valence-electron chi connectivity index (χ3n) is 2.22. The molecule has 1 aromatic rings. The van der Waals surface area contributed by atoms with E-state index >= 15 is 0 Å². The second-order valence-electron chi connectivity index (χ2n) is 3.39. The van der Waals surface area contributed by atoms with Crippen molar-refractivity contribution < 1.29 is 13.6 Å². The molecule has 0 aliphatic heterocycles. The predicted octanol–water partition coefficient (Wildman–Crippen LogP) is 2.36. The molecule has 1 rings (SSSR count). The fourth-order valence-corrected chi connectivity index (χ4v) is 1.77. The van der Waals surface area contributed by atoms with E-state index in [1.807, 2.05) is 0 Å². The first kappa shape index (κ1) is 13.1. The lowest BCUT2D eigenvalue weighted by molar-refractivity contribution is -0.128. The van der Waals surface area contributed by atoms with Gasteiger partial charge in [-0.05, 0) is 6.07 Å². The predicted molar refractivity (Wildman–Crippen MR) is 61.5 cm³/mol. The minimum absolute atomic E-state index is 0.0893. The summed E-state index contributed by atoms with van der Waals surface area (Å²) in [4.78, 5) is 13.1. The van der Waals surface area contributed by atoms with Crippen LogP contribution in [0.3, 0.4) is 0 Å². The van der Waals surface area contributed by atoms with Crippen LogP contribution in [0.25, 0.3) is 0 Å². The van der Waals surface area contributed by atoms with E-state index in [0.717, 1.165) is 6.07 Å². The standard InChI is InChI=1S/C11H12BrF2NO/c1-15(6-5-12)10(16)7-8-3-2-4-9(13)11(8)14/h2-4H,5-7H2,1H3. The van der Waals surface area contributed by atoms with Gasteiger partial charge < -0.3 is 4.90 Å². The van der Waals surface area contributed by atoms with Crippen molar-refractivity contribution >= 4 is 21.8 Å². The summed E-state index contributed by atoms with van der Waals surface area (Å²) in [5, 5.41) is 0.654. The Kier molecular flexibility index (Phi) is 4.86. The molecule has 0 fully saturated rings. The average molecular weight is 292 g/mol. The van der Waals surface area contributed by atoms with Crippen LogP contribution in [0.2, 0.25) is 0 Å². The van der Waals surface area contributed by atoms with E-state index in [9.17, 15) is 13.6 Å². The fourth-order valence-electron chi connectivity index (χ4n) is 1.23. The highest BCUT2D eigenvalue weighted by molar-refractivity contribution is 9.09. The van der Waals surface area contributed by atoms with Gasteiger partial charge in [-0.2, -0.15) is 0 Å². The van der Waals surface area contributed by atoms with Crippen LogP contribution in [0.5, 0.6) is 0 Å². The van der Waals surface area contributed by atoms with Gasteiger partial charge in [0.25, 0.3) is 0 Å². The number of carbonyl (C=O) groups is 1. The van der Waals surface area contributed by atoms with Gasteiger partial charge in [-0.15, -0.1) is 0 Å². The zero-order valence-corrected chi connectivity index (χ0v) is 10.4. The highest BCUT2D eigenvalue weighted by atomic mass is 79.9. The Balaban J connectivity index is 2.73. The smallest absolute Gasteiger partial charge is 0.226 e. The average Bonchev–Trinajstić information content (AvgIpc) is 2.25. The van der Waals surface area contributed by atoms with Crippen molar-refractivity contribution in [2.45, 2.75) is 6.42 Å². The summed E-state index contributed by atoms with van der Waals surface area (Å²) in [5.74, 6) is -2.10. The SMILES string of the molecule is CN(CCBr)C(=O)Cc1cccc(F)c1F. The molecule has 0 aliphatic rings. The lowest BCUT2D eigenvalue weighted by Gasteiger charge is -2.15. The monoisotopic (exact) mass is 291 g/mol. The number of nitrogens with zero attached hydrogens (tertiary/aromatic N) is 1. The van der Waals surface area contributed by atoms with Gasteiger partial charge in [0, 0.05) is 24.5 Å². The molecule has 16 heavy (non-hydrogen) atoms. The van der Waals surface area contributed by atoms with E-state index < -0.39 is 11.6 Å². The summed E-state index contributed by atoms with van der Waals surface area (Å²) in [6, 6.07) is 3.84. The Bertz CT molecular complexity index is 384. The number of rotatable bonds is 4. The quantitative estimate of drug-likeness (QED) is 0.780. The Morgan fingerprint density at radius 1 is 1.44 bits per heavy atom. The lowest BCUT2D eigenvalue weighted by Crippen LogP contribution is -2.30. The summed E-state index contributed by atoms with van der Waals surface area (Å²) in [7, 11) is 1.63. The molecule has 0 aliphatic carbocycles. The normalized spacial score (nSPS) is 10.2. The summed E-state index contributed by atoms with van der Waals surface area (Å²) < 4.78 is 26.1. The third-order valence-corrected chi connectivity index (χ3v) is 2.57. The topological polar surface area (TPSA) is 20.3 Å². The first-order valence-corrected chi connectivity index (χ1v) is 5.91. The van der Waals surface area contributed by atoms with Crippen LogP contribution in [0.4, 0.5) is 8.78 Å². The molecule has 0 saturated carbocycles. The Labute approximate surface area is 101 Å². The van der Waals surface area contributed by atoms with E-state index in [1.165, 1.54) is 17.0 Å². The molecule has 0 saturated heterocycles. The van der Waals surface area contributed by atoms with Gasteiger partial charge in [0.05, 0.1) is 6.42 Å². The van der Waals surface area contributed by atoms with Crippen molar-refractivity contribution in [1.29, 1.82) is 0 Å². The maximum absolute atomic E-state index is 13.3. The van der Waals surface area contributed by atoms with E-state index in [0.29, 0.717) is 11.9 Å². The molecular weight excluding hydrogens is 280 g/mol. The summed E-state index contributed by atoms with van der Waals surface area (Å²) in [6.07, 6.45) is -0.118. The number of amides is 1. The van der Waals surface area contributed by atoms with E-state index in [2.05, 4.69) is 15.9 Å². The van der Waals surface area contributed by atoms with Crippen molar-refractivity contribution in [2.75, 3.05) is 18.9 Å². The molecule has 1 aromatic carbocycles. The Morgan fingerprint density at radius 2 is 2.12 bits per heavy atom. The molecule has 0 bridgehead atoms. The van der Waals surface area contributed by atoms with Crippen molar-refractivity contribution in [2.24, 2.45) is 0 Å². The molecule has 2 nitrogen and oxygen atoms in total. The second-order valence-corrected chi connectivity index (χ2v) is 4.19. The Morgan fingerprint density at radius 3 is 2.75 bits per heavy atom. The fraction of sp³-hybridized carbons (Fsp3) is 0.364. The summed E-state index contributed by atoms with van der Waals surface area (Å²) >= 11 is 3.20. The van der Waals surface area contributed by atoms with Crippen molar-refractivity contribution in [3.8, 4) is 0 Å². The van der Waals surface area contributed by atoms with Gasteiger partial charge in [-0.1, -0.05) is 28.1 Å². The highest BCUT2D eigenvalue weighted by Gasteiger charge is 2.14. The number of benzene rings is 1. The van der Waals surface area contributed by atoms with Crippen LogP contribution >= 0.6 is 15.9 Å². The van der Waals surface area contributed by atoms with E-state index in [-0.39, 0.29) is 17.9 Å². The minimum Gasteiger partial charge on any atom is -0.345 e. The number of hydrogen-bond donors (Lipinski definition) is 0. The maximum atomic E-state index is 13.3. The van der Waals surface area contributed by atoms with Gasteiger partial charge in [0.1, 0.15) is 0 Å². The lowest BCUT2D eigenvalue weighted by atomic mass is 10.1. The molecule has 0 N–H and O–H groups in total. The zero-order chi connectivity index (χ0) is 12.1. The number of carbonyl (C=O) groups excluding carboxylic acids is 1. The van der Waals surface area contributed by atoms with Gasteiger partial charge in [-0.3, -0.25) is 4.79 Å². The van der Waals surface area contributed by atoms with Crippen molar-refractivity contribution in [3.63, 3.8) is 0 Å². The number of hydrogen-bond acceptors (Lipinski definition) is 1. The molecule has 0 radical (unpaired) electrons. The van der Waals surface area contributed by atoms with Gasteiger partial charge in [-0.25, -0.2) is 8.78 Å². The summed E-state index contributed by atoms with van der Waals surface area (Å²) in [5.41, 5.74) is 0.0893. The molecule has 1 amide bonds. The van der Waals surface area contributed by atoms with Crippen molar-refractivity contribution in [1.82, 2.24) is 4.90 Å². The zero-order valence-electron chi connectivity index (χ0n) is 8.84. The molecule has 0 spiro atoms. The molecule has 5 heteroatoms. The highest BCUT2D eigenvalue weighted by Crippen LogP contribution is 2.12. The minimum atomic E-state index is -0.942. The largest absolute Gasteiger partial charge is 0.345 e. The molecular formula is C11H12BrF2NO. The van der Waals surface area contributed by atoms with Gasteiger partial charge in [0.2, 0.25) is 5.91 Å². The van der Waals surface area contributed by atoms with Crippen LogP contribution in [0, 0.1) is 11.6 Å². The van der Waals surface area contributed by atoms with Gasteiger partial charge in [0.15, 0.2) is 11.6 Å². The Hall–Kier alpha value is -0.970. The first-order valence-electron chi connectivity index (χ1n) is 4.79. The van der Waals surface area contributed by atoms with Crippen LogP contribution in [-0.2, 0) is 11.2 Å². The van der Waals surface area contributed by atoms with Crippen LogP contribution in [0.15, 0.2) is 18.2 Å².